The van der Waals surface area contributed by atoms with E-state index >= 15 is 0 Å². The number of carbonyl (C=O) groups excluding carboxylic acids is 3. The predicted molar refractivity (Wildman–Crippen MR) is 153 cm³/mol. The minimum atomic E-state index is -1.37. The molecule has 4 bridgehead atoms. The number of rotatable bonds is 4. The SMILES string of the molecule is CCCC[C@H]1C(=O)N2C[C@]3(C[C@H]2C#N)C(=O)Cc2ccc(cc23)CCCCCN1C(=O)c1cc2c(F)cc(F)c(F)c2[nH]1. The Morgan fingerprint density at radius 3 is 2.70 bits per heavy atom. The number of benzene rings is 2. The molecular formula is C33H33F3N4O3. The number of Topliss-reactive ketones (excluding diaryl/α,β-unsaturated/α-hetero) is 1. The van der Waals surface area contributed by atoms with Gasteiger partial charge in [-0.2, -0.15) is 5.26 Å². The molecule has 3 aliphatic rings. The first kappa shape index (κ1) is 29.0. The number of nitrogens with one attached hydrogen (secondary N) is 1. The standard InChI is InChI=1S/C33H33F3N4O3/c1-2-3-8-27-32(43)40-18-33(16-21(40)17-37)23-12-19(9-10-20(23)13-28(33)41)7-5-4-6-11-39(27)31(42)26-14-22-24(34)15-25(35)29(36)30(22)38-26/h9-10,12,14-15,21,27,38H,2-8,11,13,16,18H2,1H3/t21-,27-,33-/m0/s1. The number of carbonyl (C=O) groups is 3. The minimum absolute atomic E-state index is 0.00491. The third-order valence-corrected chi connectivity index (χ3v) is 9.47. The van der Waals surface area contributed by atoms with Crippen molar-refractivity contribution < 1.29 is 27.6 Å². The first-order chi connectivity index (χ1) is 20.7. The fourth-order valence-corrected chi connectivity index (χ4v) is 7.17. The molecule has 1 fully saturated rings. The van der Waals surface area contributed by atoms with E-state index < -0.39 is 52.3 Å². The summed E-state index contributed by atoms with van der Waals surface area (Å²) in [6.07, 6.45) is 5.07. The van der Waals surface area contributed by atoms with Crippen LogP contribution in [-0.2, 0) is 27.8 Å². The van der Waals surface area contributed by atoms with Crippen LogP contribution in [0.1, 0.15) is 79.0 Å². The number of aromatic nitrogens is 1. The van der Waals surface area contributed by atoms with Gasteiger partial charge < -0.3 is 14.8 Å². The highest BCUT2D eigenvalue weighted by Crippen LogP contribution is 2.46. The van der Waals surface area contributed by atoms with Crippen molar-refractivity contribution in [3.05, 3.63) is 70.2 Å². The van der Waals surface area contributed by atoms with Crippen molar-refractivity contribution in [1.29, 1.82) is 5.26 Å². The number of H-pyrrole nitrogens is 1. The van der Waals surface area contributed by atoms with Gasteiger partial charge in [-0.1, -0.05) is 44.4 Å². The smallest absolute Gasteiger partial charge is 0.270 e. The first-order valence-electron chi connectivity index (χ1n) is 15.0. The number of fused-ring (bicyclic) bond motifs is 3. The molecule has 1 aliphatic carbocycles. The lowest BCUT2D eigenvalue weighted by atomic mass is 9.78. The maximum Gasteiger partial charge on any atom is 0.270 e. The minimum Gasteiger partial charge on any atom is -0.348 e. The van der Waals surface area contributed by atoms with Crippen LogP contribution >= 0.6 is 0 Å². The van der Waals surface area contributed by atoms with Gasteiger partial charge in [0.05, 0.1) is 17.0 Å². The molecule has 7 nitrogen and oxygen atoms in total. The van der Waals surface area contributed by atoms with E-state index in [-0.39, 0.29) is 42.8 Å². The monoisotopic (exact) mass is 590 g/mol. The quantitative estimate of drug-likeness (QED) is 0.406. The summed E-state index contributed by atoms with van der Waals surface area (Å²) in [5.74, 6) is -4.73. The molecule has 2 aliphatic heterocycles. The van der Waals surface area contributed by atoms with Crippen LogP contribution < -0.4 is 0 Å². The molecule has 10 heteroatoms. The summed E-state index contributed by atoms with van der Waals surface area (Å²) < 4.78 is 43.0. The van der Waals surface area contributed by atoms with Crippen LogP contribution in [0.5, 0.6) is 0 Å². The molecule has 3 atom stereocenters. The van der Waals surface area contributed by atoms with Crippen LogP contribution in [0.15, 0.2) is 30.3 Å². The van der Waals surface area contributed by atoms with Crippen molar-refractivity contribution in [2.45, 2.75) is 82.2 Å². The molecule has 0 saturated carbocycles. The average molecular weight is 591 g/mol. The van der Waals surface area contributed by atoms with Gasteiger partial charge in [0.25, 0.3) is 5.91 Å². The highest BCUT2D eigenvalue weighted by atomic mass is 19.2. The second-order valence-electron chi connectivity index (χ2n) is 12.1. The van der Waals surface area contributed by atoms with E-state index in [9.17, 15) is 32.8 Å². The molecule has 1 saturated heterocycles. The number of nitriles is 1. The van der Waals surface area contributed by atoms with E-state index in [1.165, 1.54) is 9.80 Å². The highest BCUT2D eigenvalue weighted by Gasteiger charge is 2.56. The normalized spacial score (nSPS) is 24.0. The van der Waals surface area contributed by atoms with E-state index in [0.29, 0.717) is 25.3 Å². The van der Waals surface area contributed by atoms with Crippen molar-refractivity contribution in [3.8, 4) is 6.07 Å². The molecule has 6 rings (SSSR count). The summed E-state index contributed by atoms with van der Waals surface area (Å²) in [7, 11) is 0. The van der Waals surface area contributed by atoms with Crippen LogP contribution in [0.4, 0.5) is 13.2 Å². The molecule has 2 amide bonds. The first-order valence-corrected chi connectivity index (χ1v) is 15.0. The fourth-order valence-electron chi connectivity index (χ4n) is 7.17. The van der Waals surface area contributed by atoms with Crippen molar-refractivity contribution >= 4 is 28.5 Å². The van der Waals surface area contributed by atoms with Gasteiger partial charge >= 0.3 is 0 Å². The van der Waals surface area contributed by atoms with Crippen molar-refractivity contribution in [2.75, 3.05) is 13.1 Å². The predicted octanol–water partition coefficient (Wildman–Crippen LogP) is 5.50. The molecular weight excluding hydrogens is 557 g/mol. The second-order valence-corrected chi connectivity index (χ2v) is 12.1. The van der Waals surface area contributed by atoms with Crippen LogP contribution in [0, 0.1) is 28.8 Å². The molecule has 1 spiro atoms. The van der Waals surface area contributed by atoms with Crippen molar-refractivity contribution in [2.24, 2.45) is 0 Å². The van der Waals surface area contributed by atoms with Gasteiger partial charge in [0.15, 0.2) is 11.6 Å². The highest BCUT2D eigenvalue weighted by molar-refractivity contribution is 6.02. The summed E-state index contributed by atoms with van der Waals surface area (Å²) >= 11 is 0. The number of ketones is 1. The Kier molecular flexibility index (Phi) is 7.53. The Balaban J connectivity index is 1.43. The van der Waals surface area contributed by atoms with E-state index in [0.717, 1.165) is 48.4 Å². The van der Waals surface area contributed by atoms with E-state index in [4.69, 9.17) is 0 Å². The zero-order valence-electron chi connectivity index (χ0n) is 24.0. The number of halogens is 3. The summed E-state index contributed by atoms with van der Waals surface area (Å²) in [5.41, 5.74) is 1.34. The zero-order valence-corrected chi connectivity index (χ0v) is 24.0. The Hall–Kier alpha value is -4.13. The molecule has 43 heavy (non-hydrogen) atoms. The Morgan fingerprint density at radius 2 is 1.93 bits per heavy atom. The molecule has 2 aromatic carbocycles. The van der Waals surface area contributed by atoms with Gasteiger partial charge in [0.1, 0.15) is 29.4 Å². The topological polar surface area (TPSA) is 97.3 Å². The van der Waals surface area contributed by atoms with E-state index in [2.05, 4.69) is 17.1 Å². The lowest BCUT2D eigenvalue weighted by molar-refractivity contribution is -0.137. The maximum atomic E-state index is 14.5. The maximum absolute atomic E-state index is 14.5. The molecule has 3 heterocycles. The lowest BCUT2D eigenvalue weighted by Crippen LogP contribution is -2.53. The summed E-state index contributed by atoms with van der Waals surface area (Å²) in [6.45, 7) is 2.23. The Labute approximate surface area is 247 Å². The number of aromatic amines is 1. The number of unbranched alkanes of at least 4 members (excludes halogenated alkanes) is 1. The van der Waals surface area contributed by atoms with Crippen LogP contribution in [0.2, 0.25) is 0 Å². The fraction of sp³-hybridized carbons (Fsp3) is 0.455. The van der Waals surface area contributed by atoms with Gasteiger partial charge in [0, 0.05) is 31.0 Å². The summed E-state index contributed by atoms with van der Waals surface area (Å²) in [4.78, 5) is 47.5. The van der Waals surface area contributed by atoms with Crippen LogP contribution in [0.3, 0.4) is 0 Å². The number of hydrogen-bond acceptors (Lipinski definition) is 4. The third kappa shape index (κ3) is 4.79. The molecule has 0 unspecified atom stereocenters. The van der Waals surface area contributed by atoms with E-state index in [1.54, 1.807) is 0 Å². The third-order valence-electron chi connectivity index (χ3n) is 9.47. The number of hydrogen-bond donors (Lipinski definition) is 1. The van der Waals surface area contributed by atoms with Crippen molar-refractivity contribution in [1.82, 2.24) is 14.8 Å². The van der Waals surface area contributed by atoms with E-state index in [1.807, 2.05) is 19.1 Å². The average Bonchev–Trinajstić information content (AvgIpc) is 3.69. The molecule has 224 valence electrons. The molecule has 0 radical (unpaired) electrons. The van der Waals surface area contributed by atoms with Crippen molar-refractivity contribution in [3.63, 3.8) is 0 Å². The largest absolute Gasteiger partial charge is 0.348 e. The van der Waals surface area contributed by atoms with Gasteiger partial charge in [-0.15, -0.1) is 0 Å². The lowest BCUT2D eigenvalue weighted by Gasteiger charge is -2.35. The van der Waals surface area contributed by atoms with Gasteiger partial charge in [-0.3, -0.25) is 14.4 Å². The summed E-state index contributed by atoms with van der Waals surface area (Å²) in [6, 6.07) is 8.13. The number of aryl methyl sites for hydroxylation is 1. The zero-order chi connectivity index (χ0) is 30.5. The van der Waals surface area contributed by atoms with Gasteiger partial charge in [-0.25, -0.2) is 13.2 Å². The summed E-state index contributed by atoms with van der Waals surface area (Å²) in [5, 5.41) is 9.91. The van der Waals surface area contributed by atoms with Crippen LogP contribution in [0.25, 0.3) is 10.9 Å². The Bertz CT molecular complexity index is 1680. The Morgan fingerprint density at radius 1 is 1.12 bits per heavy atom. The second kappa shape index (κ2) is 11.2. The number of nitrogens with zero attached hydrogens (tertiary/aromatic N) is 3. The molecule has 3 aromatic rings. The van der Waals surface area contributed by atoms with Crippen LogP contribution in [-0.4, -0.2) is 57.6 Å². The number of amides is 2. The van der Waals surface area contributed by atoms with Gasteiger partial charge in [-0.05, 0) is 54.9 Å². The molecule has 1 aromatic heterocycles. The molecule has 1 N–H and O–H groups in total. The van der Waals surface area contributed by atoms with Gasteiger partial charge in [0.2, 0.25) is 5.91 Å².